The van der Waals surface area contributed by atoms with E-state index in [1.165, 1.54) is 17.5 Å². The van der Waals surface area contributed by atoms with Gasteiger partial charge in [0.15, 0.2) is 5.13 Å². The maximum absolute atomic E-state index is 12.1. The van der Waals surface area contributed by atoms with E-state index < -0.39 is 0 Å². The minimum absolute atomic E-state index is 0.291. The van der Waals surface area contributed by atoms with E-state index in [1.807, 2.05) is 19.2 Å². The van der Waals surface area contributed by atoms with Gasteiger partial charge < -0.3 is 5.32 Å². The van der Waals surface area contributed by atoms with Crippen LogP contribution < -0.4 is 10.6 Å². The molecule has 1 amide bonds. The molecule has 7 heteroatoms. The molecule has 2 rings (SSSR count). The van der Waals surface area contributed by atoms with Crippen LogP contribution in [0.15, 0.2) is 17.6 Å². The molecule has 0 radical (unpaired) electrons. The minimum atomic E-state index is -0.291. The number of nitrogens with one attached hydrogen (secondary N) is 2. The van der Waals surface area contributed by atoms with Gasteiger partial charge in [0.05, 0.1) is 16.3 Å². The number of nitrogens with zero attached hydrogens (tertiary/aromatic N) is 2. The van der Waals surface area contributed by atoms with E-state index in [2.05, 4.69) is 20.6 Å². The third-order valence-electron chi connectivity index (χ3n) is 2.30. The zero-order valence-electron chi connectivity index (χ0n) is 10.5. The predicted octanol–water partition coefficient (Wildman–Crippen LogP) is 3.18. The van der Waals surface area contributed by atoms with Crippen molar-refractivity contribution >= 4 is 39.8 Å². The van der Waals surface area contributed by atoms with Gasteiger partial charge in [-0.15, -0.1) is 11.3 Å². The maximum atomic E-state index is 12.1. The van der Waals surface area contributed by atoms with Gasteiger partial charge in [-0.25, -0.2) is 9.97 Å². The topological polar surface area (TPSA) is 66.9 Å². The quantitative estimate of drug-likeness (QED) is 0.909. The summed E-state index contributed by atoms with van der Waals surface area (Å²) < 4.78 is 0. The Morgan fingerprint density at radius 1 is 1.53 bits per heavy atom. The number of halogens is 1. The highest BCUT2D eigenvalue weighted by Gasteiger charge is 2.13. The number of anilines is 2. The summed E-state index contributed by atoms with van der Waals surface area (Å²) in [4.78, 5) is 20.4. The van der Waals surface area contributed by atoms with Crippen LogP contribution >= 0.6 is 22.9 Å². The van der Waals surface area contributed by atoms with E-state index in [9.17, 15) is 4.79 Å². The average molecular weight is 297 g/mol. The Hall–Kier alpha value is -1.66. The third kappa shape index (κ3) is 3.42. The second-order valence-corrected chi connectivity index (χ2v) is 5.09. The standard InChI is InChI=1S/C12H13ClN4OS/c1-3-14-10-4-8(9(13)5-15-10)11(18)17-12-16-7(2)6-19-12/h4-6H,3H2,1-2H3,(H,14,15)(H,16,17,18). The molecule has 0 aliphatic rings. The molecule has 0 fully saturated rings. The number of carbonyl (C=O) groups excluding carboxylic acids is 1. The Bertz CT molecular complexity index is 599. The number of carbonyl (C=O) groups is 1. The largest absolute Gasteiger partial charge is 0.370 e. The molecular formula is C12H13ClN4OS. The first-order valence-electron chi connectivity index (χ1n) is 5.73. The molecule has 0 saturated heterocycles. The lowest BCUT2D eigenvalue weighted by Gasteiger charge is -2.07. The molecular weight excluding hydrogens is 284 g/mol. The normalized spacial score (nSPS) is 10.3. The number of thiazole rings is 1. The van der Waals surface area contributed by atoms with E-state index in [4.69, 9.17) is 11.6 Å². The Morgan fingerprint density at radius 2 is 2.32 bits per heavy atom. The third-order valence-corrected chi connectivity index (χ3v) is 3.47. The molecule has 5 nitrogen and oxygen atoms in total. The molecule has 2 N–H and O–H groups in total. The fourth-order valence-electron chi connectivity index (χ4n) is 1.47. The summed E-state index contributed by atoms with van der Waals surface area (Å²) in [7, 11) is 0. The van der Waals surface area contributed by atoms with Gasteiger partial charge in [0.25, 0.3) is 5.91 Å². The molecule has 19 heavy (non-hydrogen) atoms. The Balaban J connectivity index is 2.20. The first-order chi connectivity index (χ1) is 9.10. The molecule has 2 aromatic rings. The molecule has 0 bridgehead atoms. The van der Waals surface area contributed by atoms with E-state index >= 15 is 0 Å². The van der Waals surface area contributed by atoms with Crippen molar-refractivity contribution in [2.75, 3.05) is 17.2 Å². The van der Waals surface area contributed by atoms with Gasteiger partial charge >= 0.3 is 0 Å². The minimum Gasteiger partial charge on any atom is -0.370 e. The second-order valence-electron chi connectivity index (χ2n) is 3.83. The van der Waals surface area contributed by atoms with E-state index in [-0.39, 0.29) is 5.91 Å². The lowest BCUT2D eigenvalue weighted by molar-refractivity contribution is 0.102. The number of aromatic nitrogens is 2. The smallest absolute Gasteiger partial charge is 0.259 e. The number of rotatable bonds is 4. The monoisotopic (exact) mass is 296 g/mol. The highest BCUT2D eigenvalue weighted by Crippen LogP contribution is 2.21. The fourth-order valence-corrected chi connectivity index (χ4v) is 2.34. The second kappa shape index (κ2) is 5.99. The summed E-state index contributed by atoms with van der Waals surface area (Å²) in [5, 5.41) is 8.49. The number of pyridine rings is 1. The van der Waals surface area contributed by atoms with Gasteiger partial charge in [-0.2, -0.15) is 0 Å². The van der Waals surface area contributed by atoms with Crippen molar-refractivity contribution in [2.45, 2.75) is 13.8 Å². The molecule has 0 saturated carbocycles. The Kier molecular flexibility index (Phi) is 4.34. The van der Waals surface area contributed by atoms with E-state index in [0.29, 0.717) is 21.5 Å². The van der Waals surface area contributed by atoms with Crippen LogP contribution in [0.5, 0.6) is 0 Å². The van der Waals surface area contributed by atoms with Crippen LogP contribution in [-0.4, -0.2) is 22.4 Å². The maximum Gasteiger partial charge on any atom is 0.259 e. The van der Waals surface area contributed by atoms with Crippen molar-refractivity contribution in [1.82, 2.24) is 9.97 Å². The van der Waals surface area contributed by atoms with Crippen molar-refractivity contribution in [2.24, 2.45) is 0 Å². The Labute approximate surface area is 120 Å². The summed E-state index contributed by atoms with van der Waals surface area (Å²) in [5.41, 5.74) is 1.25. The molecule has 2 aromatic heterocycles. The van der Waals surface area contributed by atoms with Crippen LogP contribution in [0.3, 0.4) is 0 Å². The summed E-state index contributed by atoms with van der Waals surface area (Å²) >= 11 is 7.37. The highest BCUT2D eigenvalue weighted by molar-refractivity contribution is 7.13. The molecule has 100 valence electrons. The molecule has 0 aliphatic carbocycles. The number of hydrogen-bond donors (Lipinski definition) is 2. The summed E-state index contributed by atoms with van der Waals surface area (Å²) in [5.74, 6) is 0.327. The SMILES string of the molecule is CCNc1cc(C(=O)Nc2nc(C)cs2)c(Cl)cn1. The van der Waals surface area contributed by atoms with Gasteiger partial charge in [0.2, 0.25) is 0 Å². The first kappa shape index (κ1) is 13.8. The molecule has 0 unspecified atom stereocenters. The van der Waals surface area contributed by atoms with Crippen LogP contribution in [0.1, 0.15) is 23.0 Å². The van der Waals surface area contributed by atoms with Crippen LogP contribution in [0, 0.1) is 6.92 Å². The molecule has 2 heterocycles. The molecule has 0 atom stereocenters. The molecule has 0 aromatic carbocycles. The van der Waals surface area contributed by atoms with Gasteiger partial charge in [-0.1, -0.05) is 11.6 Å². The number of hydrogen-bond acceptors (Lipinski definition) is 5. The summed E-state index contributed by atoms with van der Waals surface area (Å²) in [6.07, 6.45) is 1.46. The van der Waals surface area contributed by atoms with Gasteiger partial charge in [-0.3, -0.25) is 10.1 Å². The van der Waals surface area contributed by atoms with E-state index in [0.717, 1.165) is 12.2 Å². The lowest BCUT2D eigenvalue weighted by Crippen LogP contribution is -2.13. The molecule has 0 aliphatic heterocycles. The zero-order valence-corrected chi connectivity index (χ0v) is 12.1. The molecule has 0 spiro atoms. The summed E-state index contributed by atoms with van der Waals surface area (Å²) in [6.45, 7) is 4.55. The number of amides is 1. The van der Waals surface area contributed by atoms with Gasteiger partial charge in [0, 0.05) is 18.1 Å². The average Bonchev–Trinajstić information content (AvgIpc) is 2.77. The Morgan fingerprint density at radius 3 is 2.95 bits per heavy atom. The summed E-state index contributed by atoms with van der Waals surface area (Å²) in [6, 6.07) is 1.63. The van der Waals surface area contributed by atoms with Crippen molar-refractivity contribution in [3.8, 4) is 0 Å². The van der Waals surface area contributed by atoms with Crippen molar-refractivity contribution < 1.29 is 4.79 Å². The van der Waals surface area contributed by atoms with Crippen LogP contribution in [0.25, 0.3) is 0 Å². The van der Waals surface area contributed by atoms with Crippen LogP contribution in [0.2, 0.25) is 5.02 Å². The van der Waals surface area contributed by atoms with Crippen molar-refractivity contribution in [3.05, 3.63) is 33.9 Å². The zero-order chi connectivity index (χ0) is 13.8. The highest BCUT2D eigenvalue weighted by atomic mass is 35.5. The first-order valence-corrected chi connectivity index (χ1v) is 6.98. The fraction of sp³-hybridized carbons (Fsp3) is 0.250. The number of aryl methyl sites for hydroxylation is 1. The van der Waals surface area contributed by atoms with Crippen LogP contribution in [0.4, 0.5) is 10.9 Å². The van der Waals surface area contributed by atoms with Gasteiger partial charge in [0.1, 0.15) is 5.82 Å². The van der Waals surface area contributed by atoms with Crippen molar-refractivity contribution in [1.29, 1.82) is 0 Å². The van der Waals surface area contributed by atoms with Crippen molar-refractivity contribution in [3.63, 3.8) is 0 Å². The van der Waals surface area contributed by atoms with Crippen LogP contribution in [-0.2, 0) is 0 Å². The predicted molar refractivity (Wildman–Crippen MR) is 78.2 cm³/mol. The lowest BCUT2D eigenvalue weighted by atomic mass is 10.2. The van der Waals surface area contributed by atoms with E-state index in [1.54, 1.807) is 6.07 Å². The van der Waals surface area contributed by atoms with Gasteiger partial charge in [-0.05, 0) is 19.9 Å².